The molecule has 0 fully saturated rings. The third kappa shape index (κ3) is 3.53. The van der Waals surface area contributed by atoms with Crippen LogP contribution in [0.5, 0.6) is 0 Å². The molecule has 2 nitrogen and oxygen atoms in total. The van der Waals surface area contributed by atoms with Gasteiger partial charge in [-0.15, -0.1) is 0 Å². The van der Waals surface area contributed by atoms with Crippen LogP contribution in [0.3, 0.4) is 0 Å². The molecule has 214 valence electrons. The molecule has 0 unspecified atom stereocenters. The van der Waals surface area contributed by atoms with E-state index in [0.717, 1.165) is 5.39 Å². The summed E-state index contributed by atoms with van der Waals surface area (Å²) < 4.78 is 118. The van der Waals surface area contributed by atoms with Crippen molar-refractivity contribution in [3.8, 4) is 33.4 Å². The van der Waals surface area contributed by atoms with Gasteiger partial charge in [0.15, 0.2) is 0 Å². The van der Waals surface area contributed by atoms with Crippen LogP contribution in [0.1, 0.15) is 16.4 Å². The van der Waals surface area contributed by atoms with Gasteiger partial charge in [0.2, 0.25) is 0 Å². The molecular formula is C44H26O2. The first-order valence-corrected chi connectivity index (χ1v) is 14.7. The lowest BCUT2D eigenvalue weighted by molar-refractivity contribution is 0.668. The fourth-order valence-electron chi connectivity index (χ4n) is 6.88. The first-order chi connectivity index (χ1) is 27.8. The van der Waals surface area contributed by atoms with Crippen LogP contribution in [0.2, 0.25) is 0 Å². The molecule has 0 saturated heterocycles. The summed E-state index contributed by atoms with van der Waals surface area (Å²) in [6.07, 6.45) is 0. The highest BCUT2D eigenvalue weighted by molar-refractivity contribution is 6.29. The molecule has 0 saturated carbocycles. The second-order valence-electron chi connectivity index (χ2n) is 11.1. The number of furan rings is 2. The Hall–Kier alpha value is -6.12. The summed E-state index contributed by atoms with van der Waals surface area (Å²) in [4.78, 5) is 0. The van der Waals surface area contributed by atoms with E-state index >= 15 is 0 Å². The highest BCUT2D eigenvalue weighted by atomic mass is 16.3. The van der Waals surface area contributed by atoms with Gasteiger partial charge < -0.3 is 8.83 Å². The van der Waals surface area contributed by atoms with Crippen LogP contribution < -0.4 is 0 Å². The van der Waals surface area contributed by atoms with Crippen molar-refractivity contribution in [1.82, 2.24) is 0 Å². The number of para-hydroxylation sites is 2. The highest BCUT2D eigenvalue weighted by Gasteiger charge is 2.24. The number of benzene rings is 8. The summed E-state index contributed by atoms with van der Waals surface area (Å²) in [5, 5.41) is 3.91. The minimum absolute atomic E-state index is 0.00413. The van der Waals surface area contributed by atoms with Gasteiger partial charge in [0.25, 0.3) is 0 Å². The minimum Gasteiger partial charge on any atom is -0.456 e. The average Bonchev–Trinajstić information content (AvgIpc) is 3.82. The average molecular weight is 599 g/mol. The van der Waals surface area contributed by atoms with Crippen molar-refractivity contribution in [1.29, 1.82) is 0 Å². The molecule has 0 spiro atoms. The van der Waals surface area contributed by atoms with Crippen molar-refractivity contribution >= 4 is 65.4 Å². The molecule has 46 heavy (non-hydrogen) atoms. The lowest BCUT2D eigenvalue weighted by atomic mass is 9.82. The number of rotatable bonds is 3. The largest absolute Gasteiger partial charge is 0.456 e. The number of fused-ring (bicyclic) bond motifs is 8. The first kappa shape index (κ1) is 16.3. The molecule has 2 heteroatoms. The van der Waals surface area contributed by atoms with Gasteiger partial charge in [-0.3, -0.25) is 0 Å². The Bertz CT molecular complexity index is 3410. The molecule has 0 atom stereocenters. The maximum absolute atomic E-state index is 9.44. The van der Waals surface area contributed by atoms with E-state index in [1.807, 2.05) is 72.8 Å². The third-order valence-corrected chi connectivity index (χ3v) is 8.69. The third-order valence-electron chi connectivity index (χ3n) is 8.69. The zero-order valence-corrected chi connectivity index (χ0v) is 23.9. The van der Waals surface area contributed by atoms with E-state index in [9.17, 15) is 1.37 Å². The van der Waals surface area contributed by atoms with Crippen LogP contribution in [-0.2, 0) is 0 Å². The standard InChI is InChI=1S/C44H26O2/c1-2-13-27(14-3-1)28-25-26-39-43(34-20-9-11-23-37(34)46-39)44(28)42-31-17-6-4-15-29(31)40(30-16-5-7-18-32(30)42)35-21-12-24-38-41(35)33-19-8-10-22-36(33)45-38/h1-26H/i1D,2D,3D,8D,10D,12D,13D,14D,19D,21D,22D,24D. The summed E-state index contributed by atoms with van der Waals surface area (Å²) in [6, 6.07) is 20.4. The Balaban J connectivity index is 1.46. The molecule has 2 heterocycles. The molecule has 0 radical (unpaired) electrons. The van der Waals surface area contributed by atoms with Crippen LogP contribution in [-0.4, -0.2) is 0 Å². The van der Waals surface area contributed by atoms with Gasteiger partial charge in [0.05, 0.1) is 16.4 Å². The molecule has 0 bridgehead atoms. The van der Waals surface area contributed by atoms with Crippen LogP contribution in [0, 0.1) is 0 Å². The van der Waals surface area contributed by atoms with Gasteiger partial charge in [-0.05, 0) is 73.6 Å². The maximum atomic E-state index is 9.44. The van der Waals surface area contributed by atoms with Crippen LogP contribution in [0.15, 0.2) is 166 Å². The van der Waals surface area contributed by atoms with Gasteiger partial charge in [-0.1, -0.05) is 133 Å². The SMILES string of the molecule is [2H]c1c([2H])c([2H])c(-c2ccc3oc4ccccc4c3c2-c2c3ccccc3c(-c3c([2H])c([2H])c([2H])c4oc5c([2H])c([2H])c([2H])c([2H])c5c34)c3ccccc23)c([2H])c1[2H]. The van der Waals surface area contributed by atoms with Crippen molar-refractivity contribution in [3.05, 3.63) is 157 Å². The van der Waals surface area contributed by atoms with Gasteiger partial charge in [-0.25, -0.2) is 0 Å². The van der Waals surface area contributed by atoms with E-state index < -0.39 is 54.4 Å². The Labute approximate surface area is 281 Å². The smallest absolute Gasteiger partial charge is 0.136 e. The molecule has 10 rings (SSSR count). The summed E-state index contributed by atoms with van der Waals surface area (Å²) >= 11 is 0. The van der Waals surface area contributed by atoms with Crippen LogP contribution in [0.4, 0.5) is 0 Å². The van der Waals surface area contributed by atoms with E-state index in [2.05, 4.69) is 0 Å². The topological polar surface area (TPSA) is 26.3 Å². The quantitative estimate of drug-likeness (QED) is 0.189. The highest BCUT2D eigenvalue weighted by Crippen LogP contribution is 2.51. The van der Waals surface area contributed by atoms with E-state index in [-0.39, 0.29) is 51.2 Å². The van der Waals surface area contributed by atoms with Crippen molar-refractivity contribution in [3.63, 3.8) is 0 Å². The second kappa shape index (κ2) is 9.69. The zero-order valence-electron chi connectivity index (χ0n) is 35.9. The molecule has 0 aliphatic heterocycles. The molecule has 2 aromatic heterocycles. The molecule has 0 aliphatic carbocycles. The number of hydrogen-bond donors (Lipinski definition) is 0. The molecule has 0 amide bonds. The van der Waals surface area contributed by atoms with Gasteiger partial charge in [-0.2, -0.15) is 0 Å². The first-order valence-electron chi connectivity index (χ1n) is 20.7. The number of hydrogen-bond acceptors (Lipinski definition) is 2. The van der Waals surface area contributed by atoms with Gasteiger partial charge in [0, 0.05) is 27.1 Å². The predicted octanol–water partition coefficient (Wildman–Crippen LogP) is 12.8. The van der Waals surface area contributed by atoms with E-state index in [1.165, 1.54) is 0 Å². The summed E-state index contributed by atoms with van der Waals surface area (Å²) in [7, 11) is 0. The van der Waals surface area contributed by atoms with Crippen LogP contribution >= 0.6 is 0 Å². The molecule has 0 N–H and O–H groups in total. The lowest BCUT2D eigenvalue weighted by Crippen LogP contribution is -1.94. The Morgan fingerprint density at radius 2 is 0.957 bits per heavy atom. The fourth-order valence-corrected chi connectivity index (χ4v) is 6.88. The Morgan fingerprint density at radius 3 is 1.72 bits per heavy atom. The summed E-state index contributed by atoms with van der Waals surface area (Å²) in [6.45, 7) is 0. The molecule has 10 aromatic rings. The molecular weight excluding hydrogens is 560 g/mol. The van der Waals surface area contributed by atoms with Crippen molar-refractivity contribution < 1.29 is 25.3 Å². The monoisotopic (exact) mass is 598 g/mol. The van der Waals surface area contributed by atoms with E-state index in [1.54, 1.807) is 12.1 Å². The predicted molar refractivity (Wildman–Crippen MR) is 192 cm³/mol. The van der Waals surface area contributed by atoms with Crippen LogP contribution in [0.25, 0.3) is 98.8 Å². The second-order valence-corrected chi connectivity index (χ2v) is 11.1. The summed E-state index contributed by atoms with van der Waals surface area (Å²) in [5.74, 6) is 0. The van der Waals surface area contributed by atoms with Crippen molar-refractivity contribution in [2.24, 2.45) is 0 Å². The fraction of sp³-hybridized carbons (Fsp3) is 0. The Kier molecular flexibility index (Phi) is 3.43. The normalized spacial score (nSPS) is 15.6. The minimum atomic E-state index is -0.517. The van der Waals surface area contributed by atoms with Gasteiger partial charge >= 0.3 is 0 Å². The van der Waals surface area contributed by atoms with Gasteiger partial charge in [0.1, 0.15) is 22.3 Å². The Morgan fingerprint density at radius 1 is 0.348 bits per heavy atom. The maximum Gasteiger partial charge on any atom is 0.136 e. The molecule has 8 aromatic carbocycles. The summed E-state index contributed by atoms with van der Waals surface area (Å²) in [5.41, 5.74) is 2.92. The molecule has 0 aliphatic rings. The van der Waals surface area contributed by atoms with E-state index in [0.29, 0.717) is 60.4 Å². The zero-order chi connectivity index (χ0) is 40.6. The van der Waals surface area contributed by atoms with E-state index in [4.69, 9.17) is 23.9 Å². The lowest BCUT2D eigenvalue weighted by Gasteiger charge is -2.20. The van der Waals surface area contributed by atoms with Crippen molar-refractivity contribution in [2.75, 3.05) is 0 Å². The van der Waals surface area contributed by atoms with Crippen molar-refractivity contribution in [2.45, 2.75) is 0 Å².